The van der Waals surface area contributed by atoms with E-state index in [1.54, 1.807) is 26.7 Å². The Balaban J connectivity index is 1.61. The number of rotatable bonds is 0. The molecule has 1 spiro atoms. The molecule has 0 saturated carbocycles. The first-order valence-electron chi connectivity index (χ1n) is 7.87. The van der Waals surface area contributed by atoms with Crippen LogP contribution in [0, 0.1) is 0 Å². The minimum absolute atomic E-state index is 0.0554. The lowest BCUT2D eigenvalue weighted by atomic mass is 10.0. The second kappa shape index (κ2) is 6.67. The minimum Gasteiger partial charge on any atom is -0.487 e. The first-order valence-corrected chi connectivity index (χ1v) is 12.7. The molecule has 1 unspecified atom stereocenters. The highest BCUT2D eigenvalue weighted by Crippen LogP contribution is 2.58. The van der Waals surface area contributed by atoms with E-state index in [1.807, 2.05) is 42.5 Å². The summed E-state index contributed by atoms with van der Waals surface area (Å²) < 4.78 is 18.2. The largest absolute Gasteiger partial charge is 0.487 e. The number of hydrogen-bond donors (Lipinski definition) is 0. The Hall–Kier alpha value is -1.35. The highest BCUT2D eigenvalue weighted by atomic mass is 33.7. The van der Waals surface area contributed by atoms with Gasteiger partial charge in [-0.25, -0.2) is 0 Å². The zero-order chi connectivity index (χ0) is 17.6. The van der Waals surface area contributed by atoms with Crippen LogP contribution < -0.4 is 9.47 Å². The molecular formula is C18H12O4S4. The molecule has 0 radical (unpaired) electrons. The summed E-state index contributed by atoms with van der Waals surface area (Å²) in [5.74, 6) is 2.05. The van der Waals surface area contributed by atoms with Crippen LogP contribution in [-0.2, 0) is 4.74 Å². The van der Waals surface area contributed by atoms with Gasteiger partial charge in [-0.2, -0.15) is 0 Å². The van der Waals surface area contributed by atoms with Crippen molar-refractivity contribution in [3.05, 3.63) is 64.6 Å². The molecule has 5 rings (SSSR count). The molecule has 0 N–H and O–H groups in total. The predicted molar refractivity (Wildman–Crippen MR) is 109 cm³/mol. The number of ether oxygens (including phenoxy) is 3. The van der Waals surface area contributed by atoms with Gasteiger partial charge in [0.2, 0.25) is 5.78 Å². The summed E-state index contributed by atoms with van der Waals surface area (Å²) in [4.78, 5) is 13.2. The van der Waals surface area contributed by atoms with E-state index < -0.39 is 4.93 Å². The van der Waals surface area contributed by atoms with Gasteiger partial charge in [-0.15, -0.1) is 0 Å². The van der Waals surface area contributed by atoms with Crippen molar-refractivity contribution in [2.75, 3.05) is 13.2 Å². The molecule has 0 aliphatic carbocycles. The normalized spacial score (nSPS) is 24.2. The SMILES string of the molecule is O=C1c2ccccc2OCC12OC1=C(COc3ccccc31)SSSS2. The molecule has 0 fully saturated rings. The number of Topliss-reactive ketones (excluding diaryl/α,β-unsaturated/α-hetero) is 1. The van der Waals surface area contributed by atoms with Gasteiger partial charge in [0, 0.05) is 0 Å². The van der Waals surface area contributed by atoms with Crippen molar-refractivity contribution in [1.82, 2.24) is 0 Å². The Morgan fingerprint density at radius 1 is 0.885 bits per heavy atom. The summed E-state index contributed by atoms with van der Waals surface area (Å²) in [6.45, 7) is 0.614. The lowest BCUT2D eigenvalue weighted by Crippen LogP contribution is -2.46. The van der Waals surface area contributed by atoms with E-state index in [2.05, 4.69) is 0 Å². The third-order valence-corrected chi connectivity index (χ3v) is 10.8. The van der Waals surface area contributed by atoms with E-state index in [0.717, 1.165) is 16.2 Å². The van der Waals surface area contributed by atoms with Gasteiger partial charge < -0.3 is 14.2 Å². The fraction of sp³-hybridized carbons (Fsp3) is 0.167. The van der Waals surface area contributed by atoms with Crippen molar-refractivity contribution in [3.8, 4) is 11.5 Å². The van der Waals surface area contributed by atoms with Gasteiger partial charge in [-0.3, -0.25) is 4.79 Å². The predicted octanol–water partition coefficient (Wildman–Crippen LogP) is 5.43. The molecule has 26 heavy (non-hydrogen) atoms. The number of carbonyl (C=O) groups is 1. The van der Waals surface area contributed by atoms with E-state index in [-0.39, 0.29) is 12.4 Å². The van der Waals surface area contributed by atoms with Crippen LogP contribution in [-0.4, -0.2) is 23.9 Å². The number of ketones is 1. The van der Waals surface area contributed by atoms with Gasteiger partial charge in [0.05, 0.1) is 16.0 Å². The maximum atomic E-state index is 13.3. The summed E-state index contributed by atoms with van der Waals surface area (Å²) in [6, 6.07) is 15.1. The van der Waals surface area contributed by atoms with Crippen molar-refractivity contribution in [3.63, 3.8) is 0 Å². The van der Waals surface area contributed by atoms with Gasteiger partial charge in [0.15, 0.2) is 0 Å². The molecular weight excluding hydrogens is 408 g/mol. The summed E-state index contributed by atoms with van der Waals surface area (Å²) in [6.07, 6.45) is 0. The molecule has 2 aromatic carbocycles. The number of fused-ring (bicyclic) bond motifs is 3. The zero-order valence-corrected chi connectivity index (χ0v) is 16.6. The fourth-order valence-electron chi connectivity index (χ4n) is 2.98. The van der Waals surface area contributed by atoms with Crippen LogP contribution in [0.3, 0.4) is 0 Å². The second-order valence-corrected chi connectivity index (χ2v) is 11.8. The highest BCUT2D eigenvalue weighted by molar-refractivity contribution is 9.26. The monoisotopic (exact) mass is 420 g/mol. The Morgan fingerprint density at radius 3 is 2.46 bits per heavy atom. The van der Waals surface area contributed by atoms with E-state index in [1.165, 1.54) is 20.6 Å². The van der Waals surface area contributed by atoms with E-state index in [0.29, 0.717) is 23.7 Å². The van der Waals surface area contributed by atoms with Crippen molar-refractivity contribution in [2.45, 2.75) is 4.93 Å². The Labute approximate surface area is 165 Å². The summed E-state index contributed by atoms with van der Waals surface area (Å²) in [5.41, 5.74) is 1.44. The standard InChI is InChI=1S/C18H12O4S4/c19-17-12-6-2-4-8-14(12)21-10-18(17)22-16-11-5-1-3-7-13(11)20-9-15(16)23-25-26-24-18/h1-8H,9-10H2. The van der Waals surface area contributed by atoms with Crippen molar-refractivity contribution < 1.29 is 19.0 Å². The Morgan fingerprint density at radius 2 is 1.62 bits per heavy atom. The third-order valence-electron chi connectivity index (χ3n) is 4.24. The highest BCUT2D eigenvalue weighted by Gasteiger charge is 2.50. The first-order chi connectivity index (χ1) is 12.8. The first kappa shape index (κ1) is 16.8. The molecule has 3 heterocycles. The summed E-state index contributed by atoms with van der Waals surface area (Å²) in [5, 5.41) is 0. The Kier molecular flexibility index (Phi) is 4.31. The number of hydrogen-bond acceptors (Lipinski definition) is 8. The summed E-state index contributed by atoms with van der Waals surface area (Å²) in [7, 11) is 6.17. The average molecular weight is 421 g/mol. The maximum Gasteiger partial charge on any atom is 0.261 e. The molecule has 0 aromatic heterocycles. The maximum absolute atomic E-state index is 13.3. The van der Waals surface area contributed by atoms with Crippen molar-refractivity contribution in [2.24, 2.45) is 0 Å². The van der Waals surface area contributed by atoms with Crippen molar-refractivity contribution >= 4 is 52.8 Å². The van der Waals surface area contributed by atoms with Crippen LogP contribution in [0.2, 0.25) is 0 Å². The van der Waals surface area contributed by atoms with Crippen molar-refractivity contribution in [1.29, 1.82) is 0 Å². The van der Waals surface area contributed by atoms with Crippen LogP contribution in [0.15, 0.2) is 53.4 Å². The Bertz CT molecular complexity index is 929. The smallest absolute Gasteiger partial charge is 0.261 e. The van der Waals surface area contributed by atoms with Gasteiger partial charge in [-0.1, -0.05) is 24.3 Å². The van der Waals surface area contributed by atoms with E-state index in [4.69, 9.17) is 14.2 Å². The molecule has 3 aliphatic heterocycles. The van der Waals surface area contributed by atoms with E-state index in [9.17, 15) is 4.79 Å². The average Bonchev–Trinajstić information content (AvgIpc) is 2.67. The molecule has 132 valence electrons. The number of para-hydroxylation sites is 2. The van der Waals surface area contributed by atoms with Crippen LogP contribution >= 0.6 is 41.2 Å². The molecule has 0 amide bonds. The second-order valence-electron chi connectivity index (χ2n) is 5.81. The van der Waals surface area contributed by atoms with Gasteiger partial charge in [0.25, 0.3) is 4.93 Å². The zero-order valence-electron chi connectivity index (χ0n) is 13.3. The summed E-state index contributed by atoms with van der Waals surface area (Å²) >= 11 is 0. The lowest BCUT2D eigenvalue weighted by molar-refractivity contribution is 0.0423. The third kappa shape index (κ3) is 2.70. The van der Waals surface area contributed by atoms with Crippen LogP contribution in [0.25, 0.3) is 5.76 Å². The number of carbonyl (C=O) groups excluding carboxylic acids is 1. The topological polar surface area (TPSA) is 44.8 Å². The quantitative estimate of drug-likeness (QED) is 0.523. The molecule has 2 aromatic rings. The fourth-order valence-corrected chi connectivity index (χ4v) is 9.29. The minimum atomic E-state index is -1.11. The molecule has 3 aliphatic rings. The molecule has 4 nitrogen and oxygen atoms in total. The molecule has 0 saturated heterocycles. The van der Waals surface area contributed by atoms with Crippen LogP contribution in [0.5, 0.6) is 11.5 Å². The van der Waals surface area contributed by atoms with Crippen LogP contribution in [0.4, 0.5) is 0 Å². The molecule has 0 bridgehead atoms. The van der Waals surface area contributed by atoms with E-state index >= 15 is 0 Å². The van der Waals surface area contributed by atoms with Gasteiger partial charge in [-0.05, 0) is 65.5 Å². The van der Waals surface area contributed by atoms with Gasteiger partial charge >= 0.3 is 0 Å². The van der Waals surface area contributed by atoms with Gasteiger partial charge in [0.1, 0.15) is 30.5 Å². The molecule has 1 atom stereocenters. The van der Waals surface area contributed by atoms with Crippen LogP contribution in [0.1, 0.15) is 15.9 Å². The lowest BCUT2D eigenvalue weighted by Gasteiger charge is -2.38. The number of benzene rings is 2. The molecule has 8 heteroatoms.